The van der Waals surface area contributed by atoms with Gasteiger partial charge < -0.3 is 4.90 Å². The number of benzene rings is 2. The lowest BCUT2D eigenvalue weighted by Crippen LogP contribution is -2.48. The van der Waals surface area contributed by atoms with Gasteiger partial charge in [-0.15, -0.1) is 0 Å². The van der Waals surface area contributed by atoms with Gasteiger partial charge in [0.1, 0.15) is 0 Å². The van der Waals surface area contributed by atoms with Gasteiger partial charge in [-0.1, -0.05) is 54.1 Å². The zero-order chi connectivity index (χ0) is 20.9. The number of nitrogens with zero attached hydrogens (tertiary/aromatic N) is 4. The quantitative estimate of drug-likeness (QED) is 0.618. The molecule has 1 aliphatic heterocycles. The van der Waals surface area contributed by atoms with Gasteiger partial charge in [0.05, 0.1) is 0 Å². The summed E-state index contributed by atoms with van der Waals surface area (Å²) in [6.07, 6.45) is 0.422. The molecule has 0 saturated carbocycles. The Balaban J connectivity index is 1.33. The Bertz CT molecular complexity index is 1050. The molecule has 3 aromatic rings. The molecule has 1 amide bonds. The van der Waals surface area contributed by atoms with Crippen LogP contribution in [0.4, 0.5) is 0 Å². The molecule has 0 radical (unpaired) electrons. The summed E-state index contributed by atoms with van der Waals surface area (Å²) in [5.41, 5.74) is 3.48. The van der Waals surface area contributed by atoms with E-state index in [4.69, 9.17) is 12.2 Å². The van der Waals surface area contributed by atoms with Gasteiger partial charge in [0.2, 0.25) is 5.91 Å². The third kappa shape index (κ3) is 4.86. The van der Waals surface area contributed by atoms with E-state index in [0.717, 1.165) is 49.7 Å². The number of hydrogen-bond acceptors (Lipinski definition) is 4. The summed E-state index contributed by atoms with van der Waals surface area (Å²) >= 11 is 5.41. The molecule has 1 saturated heterocycles. The fourth-order valence-corrected chi connectivity index (χ4v) is 4.12. The minimum Gasteiger partial charge on any atom is -0.340 e. The van der Waals surface area contributed by atoms with E-state index in [1.54, 1.807) is 0 Å². The normalized spacial score (nSPS) is 14.8. The van der Waals surface area contributed by atoms with Crippen LogP contribution in [0.2, 0.25) is 0 Å². The van der Waals surface area contributed by atoms with Gasteiger partial charge in [0.25, 0.3) is 0 Å². The summed E-state index contributed by atoms with van der Waals surface area (Å²) in [6, 6.07) is 18.6. The molecule has 2 aromatic carbocycles. The van der Waals surface area contributed by atoms with Crippen molar-refractivity contribution >= 4 is 18.1 Å². The third-order valence-corrected chi connectivity index (χ3v) is 5.87. The number of aryl methyl sites for hydroxylation is 1. The molecule has 0 spiro atoms. The van der Waals surface area contributed by atoms with Crippen molar-refractivity contribution < 1.29 is 4.79 Å². The molecule has 1 aromatic heterocycles. The average molecular weight is 422 g/mol. The molecule has 0 aliphatic carbocycles. The Morgan fingerprint density at radius 3 is 2.57 bits per heavy atom. The molecular formula is C23H27N5OS. The second-order valence-electron chi connectivity index (χ2n) is 7.77. The molecule has 30 heavy (non-hydrogen) atoms. The van der Waals surface area contributed by atoms with Crippen molar-refractivity contribution in [2.45, 2.75) is 26.4 Å². The van der Waals surface area contributed by atoms with E-state index in [-0.39, 0.29) is 5.91 Å². The van der Waals surface area contributed by atoms with Crippen molar-refractivity contribution in [3.8, 4) is 11.4 Å². The Labute approximate surface area is 182 Å². The maximum atomic E-state index is 12.8. The average Bonchev–Trinajstić information content (AvgIpc) is 3.13. The van der Waals surface area contributed by atoms with Crippen LogP contribution >= 0.6 is 12.2 Å². The van der Waals surface area contributed by atoms with Gasteiger partial charge in [-0.3, -0.25) is 19.4 Å². The smallest absolute Gasteiger partial charge is 0.224 e. The first kappa shape index (κ1) is 20.5. The van der Waals surface area contributed by atoms with Crippen molar-refractivity contribution in [3.63, 3.8) is 0 Å². The number of carbonyl (C=O) groups is 1. The van der Waals surface area contributed by atoms with Crippen LogP contribution in [0.5, 0.6) is 0 Å². The minimum absolute atomic E-state index is 0.174. The summed E-state index contributed by atoms with van der Waals surface area (Å²) in [7, 11) is 0. The lowest BCUT2D eigenvalue weighted by atomic mass is 10.1. The standard InChI is InChI=1S/C23H27N5OS/c1-18-6-5-9-20(16-18)22-24-25-23(30)28(22)11-10-21(29)27-14-12-26(13-15-27)17-19-7-3-2-4-8-19/h2-9,16H,10-15,17H2,1H3,(H,25,30). The van der Waals surface area contributed by atoms with Crippen LogP contribution < -0.4 is 0 Å². The number of amides is 1. The first-order chi connectivity index (χ1) is 14.6. The number of hydrogen-bond donors (Lipinski definition) is 1. The van der Waals surface area contributed by atoms with E-state index < -0.39 is 0 Å². The van der Waals surface area contributed by atoms with Gasteiger partial charge in [-0.2, -0.15) is 5.10 Å². The molecule has 0 atom stereocenters. The summed E-state index contributed by atoms with van der Waals surface area (Å²) in [5.74, 6) is 0.955. The second kappa shape index (κ2) is 9.36. The van der Waals surface area contributed by atoms with Crippen molar-refractivity contribution in [2.24, 2.45) is 0 Å². The van der Waals surface area contributed by atoms with Gasteiger partial charge in [-0.05, 0) is 30.8 Å². The van der Waals surface area contributed by atoms with E-state index in [2.05, 4.69) is 58.4 Å². The molecule has 1 aliphatic rings. The number of piperazine rings is 1. The summed E-state index contributed by atoms with van der Waals surface area (Å²) < 4.78 is 2.47. The van der Waals surface area contributed by atoms with Crippen LogP contribution in [0.1, 0.15) is 17.5 Å². The van der Waals surface area contributed by atoms with Crippen molar-refractivity contribution in [2.75, 3.05) is 26.2 Å². The molecular weight excluding hydrogens is 394 g/mol. The first-order valence-corrected chi connectivity index (χ1v) is 10.8. The fourth-order valence-electron chi connectivity index (χ4n) is 3.89. The summed E-state index contributed by atoms with van der Waals surface area (Å²) in [6.45, 7) is 6.87. The molecule has 156 valence electrons. The van der Waals surface area contributed by atoms with Crippen LogP contribution in [0, 0.1) is 11.7 Å². The van der Waals surface area contributed by atoms with Crippen LogP contribution in [0.15, 0.2) is 54.6 Å². The molecule has 0 bridgehead atoms. The molecule has 6 nitrogen and oxygen atoms in total. The highest BCUT2D eigenvalue weighted by Crippen LogP contribution is 2.19. The van der Waals surface area contributed by atoms with E-state index in [1.165, 1.54) is 5.56 Å². The maximum absolute atomic E-state index is 12.8. The maximum Gasteiger partial charge on any atom is 0.224 e. The summed E-state index contributed by atoms with van der Waals surface area (Å²) in [4.78, 5) is 17.2. The predicted octanol–water partition coefficient (Wildman–Crippen LogP) is 3.65. The number of carbonyl (C=O) groups excluding carboxylic acids is 1. The van der Waals surface area contributed by atoms with Crippen LogP contribution in [0.3, 0.4) is 0 Å². The Morgan fingerprint density at radius 1 is 1.07 bits per heavy atom. The van der Waals surface area contributed by atoms with Gasteiger partial charge in [0.15, 0.2) is 10.6 Å². The lowest BCUT2D eigenvalue weighted by Gasteiger charge is -2.34. The minimum atomic E-state index is 0.174. The summed E-state index contributed by atoms with van der Waals surface area (Å²) in [5, 5.41) is 7.25. The van der Waals surface area contributed by atoms with Crippen molar-refractivity contribution in [3.05, 3.63) is 70.5 Å². The van der Waals surface area contributed by atoms with E-state index in [9.17, 15) is 4.79 Å². The van der Waals surface area contributed by atoms with Gasteiger partial charge in [0, 0.05) is 51.3 Å². The number of aromatic amines is 1. The van der Waals surface area contributed by atoms with Crippen molar-refractivity contribution in [1.82, 2.24) is 24.6 Å². The second-order valence-corrected chi connectivity index (χ2v) is 8.15. The van der Waals surface area contributed by atoms with Crippen LogP contribution in [0.25, 0.3) is 11.4 Å². The Morgan fingerprint density at radius 2 is 1.83 bits per heavy atom. The van der Waals surface area contributed by atoms with Crippen LogP contribution in [-0.2, 0) is 17.9 Å². The highest BCUT2D eigenvalue weighted by Gasteiger charge is 2.21. The topological polar surface area (TPSA) is 57.2 Å². The first-order valence-electron chi connectivity index (χ1n) is 10.4. The number of H-pyrrole nitrogens is 1. The SMILES string of the molecule is Cc1cccc(-c2n[nH]c(=S)n2CCC(=O)N2CCN(Cc3ccccc3)CC2)c1. The highest BCUT2D eigenvalue weighted by molar-refractivity contribution is 7.71. The van der Waals surface area contributed by atoms with Crippen molar-refractivity contribution in [1.29, 1.82) is 0 Å². The molecule has 1 fully saturated rings. The molecule has 7 heteroatoms. The number of nitrogens with one attached hydrogen (secondary N) is 1. The molecule has 2 heterocycles. The Hall–Kier alpha value is -2.77. The van der Waals surface area contributed by atoms with E-state index in [1.807, 2.05) is 27.7 Å². The lowest BCUT2D eigenvalue weighted by molar-refractivity contribution is -0.133. The number of aromatic nitrogens is 3. The molecule has 1 N–H and O–H groups in total. The zero-order valence-electron chi connectivity index (χ0n) is 17.3. The highest BCUT2D eigenvalue weighted by atomic mass is 32.1. The van der Waals surface area contributed by atoms with E-state index in [0.29, 0.717) is 17.7 Å². The van der Waals surface area contributed by atoms with Crippen LogP contribution in [-0.4, -0.2) is 56.7 Å². The Kier molecular flexibility index (Phi) is 6.40. The zero-order valence-corrected chi connectivity index (χ0v) is 18.1. The van der Waals surface area contributed by atoms with E-state index >= 15 is 0 Å². The fraction of sp³-hybridized carbons (Fsp3) is 0.348. The predicted molar refractivity (Wildman–Crippen MR) is 121 cm³/mol. The monoisotopic (exact) mass is 421 g/mol. The largest absolute Gasteiger partial charge is 0.340 e. The van der Waals surface area contributed by atoms with Gasteiger partial charge >= 0.3 is 0 Å². The molecule has 0 unspecified atom stereocenters. The third-order valence-electron chi connectivity index (χ3n) is 5.56. The molecule has 4 rings (SSSR count). The number of rotatable bonds is 6. The van der Waals surface area contributed by atoms with Gasteiger partial charge in [-0.25, -0.2) is 0 Å².